The zero-order valence-corrected chi connectivity index (χ0v) is 9.46. The molecular formula is C13H13NO3. The number of carbonyl (C=O) groups excluding carboxylic acids is 1. The van der Waals surface area contributed by atoms with E-state index in [-0.39, 0.29) is 6.73 Å². The summed E-state index contributed by atoms with van der Waals surface area (Å²) in [6.45, 7) is 1.09. The first-order valence-corrected chi connectivity index (χ1v) is 5.26. The number of ether oxygens (including phenoxy) is 1. The van der Waals surface area contributed by atoms with Crippen molar-refractivity contribution in [3.8, 4) is 5.75 Å². The molecule has 1 N–H and O–H groups in total. The van der Waals surface area contributed by atoms with Gasteiger partial charge in [-0.3, -0.25) is 10.0 Å². The molecule has 0 bridgehead atoms. The summed E-state index contributed by atoms with van der Waals surface area (Å²) >= 11 is 0. The number of carbonyl (C=O) groups is 1. The van der Waals surface area contributed by atoms with E-state index in [0.717, 1.165) is 10.8 Å². The van der Waals surface area contributed by atoms with Crippen LogP contribution in [0.2, 0.25) is 0 Å². The fourth-order valence-electron chi connectivity index (χ4n) is 1.54. The van der Waals surface area contributed by atoms with E-state index in [0.29, 0.717) is 10.8 Å². The Labute approximate surface area is 99.0 Å². The minimum atomic E-state index is -0.453. The molecule has 0 aliphatic rings. The van der Waals surface area contributed by atoms with Crippen molar-refractivity contribution in [3.05, 3.63) is 42.5 Å². The number of nitrogens with zero attached hydrogens (tertiary/aromatic N) is 1. The Kier molecular flexibility index (Phi) is 3.25. The average molecular weight is 231 g/mol. The van der Waals surface area contributed by atoms with E-state index in [1.54, 1.807) is 6.07 Å². The first kappa shape index (κ1) is 11.4. The molecule has 0 saturated heterocycles. The van der Waals surface area contributed by atoms with E-state index in [4.69, 9.17) is 4.74 Å². The van der Waals surface area contributed by atoms with Crippen LogP contribution in [0.15, 0.2) is 42.5 Å². The molecule has 2 rings (SSSR count). The summed E-state index contributed by atoms with van der Waals surface area (Å²) in [6, 6.07) is 13.4. The number of amides is 1. The highest BCUT2D eigenvalue weighted by atomic mass is 16.6. The summed E-state index contributed by atoms with van der Waals surface area (Å²) < 4.78 is 5.40. The van der Waals surface area contributed by atoms with E-state index >= 15 is 0 Å². The molecule has 0 saturated carbocycles. The Morgan fingerprint density at radius 1 is 1.24 bits per heavy atom. The lowest BCUT2D eigenvalue weighted by Gasteiger charge is -2.14. The number of hydroxylamine groups is 2. The smallest absolute Gasteiger partial charge is 0.245 e. The first-order chi connectivity index (χ1) is 8.18. The number of fused-ring (bicyclic) bond motifs is 1. The highest BCUT2D eigenvalue weighted by Gasteiger charge is 2.06. The number of hydrogen-bond acceptors (Lipinski definition) is 3. The van der Waals surface area contributed by atoms with E-state index < -0.39 is 5.91 Å². The number of rotatable bonds is 3. The molecule has 0 atom stereocenters. The summed E-state index contributed by atoms with van der Waals surface area (Å²) in [7, 11) is 0. The Morgan fingerprint density at radius 3 is 2.71 bits per heavy atom. The van der Waals surface area contributed by atoms with Crippen molar-refractivity contribution < 1.29 is 14.7 Å². The van der Waals surface area contributed by atoms with E-state index in [1.807, 2.05) is 36.4 Å². The molecule has 0 spiro atoms. The molecule has 0 aliphatic heterocycles. The summed E-state index contributed by atoms with van der Waals surface area (Å²) in [5.41, 5.74) is 0. The lowest BCUT2D eigenvalue weighted by molar-refractivity contribution is -0.174. The van der Waals surface area contributed by atoms with Gasteiger partial charge in [-0.25, -0.2) is 0 Å². The molecule has 0 radical (unpaired) electrons. The SMILES string of the molecule is CC(=O)N(O)COc1cccc2ccccc12. The van der Waals surface area contributed by atoms with Gasteiger partial charge in [-0.05, 0) is 11.5 Å². The van der Waals surface area contributed by atoms with Crippen LogP contribution in [-0.2, 0) is 4.79 Å². The van der Waals surface area contributed by atoms with Crippen LogP contribution in [0.1, 0.15) is 6.92 Å². The van der Waals surface area contributed by atoms with Gasteiger partial charge >= 0.3 is 0 Å². The van der Waals surface area contributed by atoms with Crippen LogP contribution in [0, 0.1) is 0 Å². The van der Waals surface area contributed by atoms with Crippen LogP contribution in [0.5, 0.6) is 5.75 Å². The van der Waals surface area contributed by atoms with Gasteiger partial charge in [0.1, 0.15) is 5.75 Å². The molecule has 17 heavy (non-hydrogen) atoms. The van der Waals surface area contributed by atoms with Crippen LogP contribution >= 0.6 is 0 Å². The molecule has 4 heteroatoms. The summed E-state index contributed by atoms with van der Waals surface area (Å²) in [6.07, 6.45) is 0. The molecule has 88 valence electrons. The Hall–Kier alpha value is -2.07. The zero-order chi connectivity index (χ0) is 12.3. The number of hydrogen-bond donors (Lipinski definition) is 1. The highest BCUT2D eigenvalue weighted by Crippen LogP contribution is 2.24. The maximum absolute atomic E-state index is 10.8. The third kappa shape index (κ3) is 2.54. The van der Waals surface area contributed by atoms with Crippen LogP contribution in [-0.4, -0.2) is 22.9 Å². The molecular weight excluding hydrogens is 218 g/mol. The molecule has 0 aromatic heterocycles. The van der Waals surface area contributed by atoms with E-state index in [2.05, 4.69) is 0 Å². The maximum Gasteiger partial charge on any atom is 0.245 e. The van der Waals surface area contributed by atoms with Gasteiger partial charge in [0.2, 0.25) is 5.91 Å². The van der Waals surface area contributed by atoms with E-state index in [9.17, 15) is 10.0 Å². The second-order valence-electron chi connectivity index (χ2n) is 3.67. The van der Waals surface area contributed by atoms with Crippen molar-refractivity contribution in [2.75, 3.05) is 6.73 Å². The minimum absolute atomic E-state index is 0.177. The molecule has 2 aromatic carbocycles. The summed E-state index contributed by atoms with van der Waals surface area (Å²) in [5, 5.41) is 11.8. The molecule has 4 nitrogen and oxygen atoms in total. The van der Waals surface area contributed by atoms with Crippen molar-refractivity contribution in [3.63, 3.8) is 0 Å². The van der Waals surface area contributed by atoms with Crippen LogP contribution in [0.3, 0.4) is 0 Å². The molecule has 1 amide bonds. The van der Waals surface area contributed by atoms with Gasteiger partial charge in [-0.1, -0.05) is 36.4 Å². The highest BCUT2D eigenvalue weighted by molar-refractivity contribution is 5.88. The van der Waals surface area contributed by atoms with Gasteiger partial charge < -0.3 is 4.74 Å². The van der Waals surface area contributed by atoms with Crippen molar-refractivity contribution in [1.29, 1.82) is 0 Å². The monoisotopic (exact) mass is 231 g/mol. The standard InChI is InChI=1S/C13H13NO3/c1-10(15)14(16)9-17-13-8-4-6-11-5-2-3-7-12(11)13/h2-8,16H,9H2,1H3. The summed E-state index contributed by atoms with van der Waals surface area (Å²) in [5.74, 6) is 0.189. The predicted octanol–water partition coefficient (Wildman–Crippen LogP) is 2.41. The van der Waals surface area contributed by atoms with Crippen molar-refractivity contribution in [2.45, 2.75) is 6.92 Å². The second kappa shape index (κ2) is 4.84. The maximum atomic E-state index is 10.8. The fraction of sp³-hybridized carbons (Fsp3) is 0.154. The second-order valence-corrected chi connectivity index (χ2v) is 3.67. The summed E-state index contributed by atoms with van der Waals surface area (Å²) in [4.78, 5) is 10.8. The lowest BCUT2D eigenvalue weighted by Crippen LogP contribution is -2.28. The van der Waals surface area contributed by atoms with Gasteiger partial charge in [0.15, 0.2) is 6.73 Å². The fourth-order valence-corrected chi connectivity index (χ4v) is 1.54. The van der Waals surface area contributed by atoms with Crippen molar-refractivity contribution in [1.82, 2.24) is 5.06 Å². The van der Waals surface area contributed by atoms with Crippen molar-refractivity contribution >= 4 is 16.7 Å². The van der Waals surface area contributed by atoms with Gasteiger partial charge in [-0.15, -0.1) is 0 Å². The van der Waals surface area contributed by atoms with Gasteiger partial charge in [-0.2, -0.15) is 5.06 Å². The minimum Gasteiger partial charge on any atom is -0.470 e. The third-order valence-electron chi connectivity index (χ3n) is 2.46. The first-order valence-electron chi connectivity index (χ1n) is 5.26. The Morgan fingerprint density at radius 2 is 1.94 bits per heavy atom. The molecule has 0 aliphatic carbocycles. The predicted molar refractivity (Wildman–Crippen MR) is 63.7 cm³/mol. The lowest BCUT2D eigenvalue weighted by atomic mass is 10.1. The van der Waals surface area contributed by atoms with Crippen LogP contribution < -0.4 is 4.74 Å². The topological polar surface area (TPSA) is 49.8 Å². The molecule has 0 heterocycles. The Balaban J connectivity index is 2.21. The zero-order valence-electron chi connectivity index (χ0n) is 9.46. The Bertz CT molecular complexity index is 534. The van der Waals surface area contributed by atoms with Crippen LogP contribution in [0.25, 0.3) is 10.8 Å². The molecule has 0 fully saturated rings. The van der Waals surface area contributed by atoms with Gasteiger partial charge in [0.25, 0.3) is 0 Å². The van der Waals surface area contributed by atoms with Crippen LogP contribution in [0.4, 0.5) is 0 Å². The third-order valence-corrected chi connectivity index (χ3v) is 2.46. The van der Waals surface area contributed by atoms with Gasteiger partial charge in [0.05, 0.1) is 0 Å². The number of benzene rings is 2. The normalized spacial score (nSPS) is 10.2. The van der Waals surface area contributed by atoms with Crippen molar-refractivity contribution in [2.24, 2.45) is 0 Å². The largest absolute Gasteiger partial charge is 0.470 e. The quantitative estimate of drug-likeness (QED) is 0.501. The molecule has 0 unspecified atom stereocenters. The van der Waals surface area contributed by atoms with E-state index in [1.165, 1.54) is 6.92 Å². The molecule has 2 aromatic rings. The average Bonchev–Trinajstić information content (AvgIpc) is 2.35. The van der Waals surface area contributed by atoms with Gasteiger partial charge in [0, 0.05) is 12.3 Å².